The van der Waals surface area contributed by atoms with Crippen molar-refractivity contribution in [2.45, 2.75) is 19.9 Å². The lowest BCUT2D eigenvalue weighted by Gasteiger charge is -2.05. The topological polar surface area (TPSA) is 122 Å². The molecular weight excluding hydrogens is 364 g/mol. The zero-order valence-electron chi connectivity index (χ0n) is 15.3. The molecule has 1 heterocycles. The van der Waals surface area contributed by atoms with Gasteiger partial charge < -0.3 is 19.9 Å². The lowest BCUT2D eigenvalue weighted by molar-refractivity contribution is -0.121. The van der Waals surface area contributed by atoms with Gasteiger partial charge in [0.15, 0.2) is 0 Å². The van der Waals surface area contributed by atoms with Crippen molar-refractivity contribution in [1.82, 2.24) is 14.9 Å². The van der Waals surface area contributed by atoms with E-state index in [9.17, 15) is 19.2 Å². The van der Waals surface area contributed by atoms with Crippen LogP contribution in [0.5, 0.6) is 5.75 Å². The highest BCUT2D eigenvalue weighted by Crippen LogP contribution is 2.16. The highest BCUT2D eigenvalue weighted by Gasteiger charge is 2.02. The van der Waals surface area contributed by atoms with E-state index in [0.717, 1.165) is 0 Å². The van der Waals surface area contributed by atoms with Crippen LogP contribution < -0.4 is 26.6 Å². The predicted molar refractivity (Wildman–Crippen MR) is 103 cm³/mol. The minimum atomic E-state index is -0.556. The van der Waals surface area contributed by atoms with Crippen molar-refractivity contribution in [1.29, 1.82) is 0 Å². The number of ether oxygens (including phenoxy) is 1. The Morgan fingerprint density at radius 1 is 1.21 bits per heavy atom. The number of carbonyl (C=O) groups is 2. The fourth-order valence-corrected chi connectivity index (χ4v) is 2.17. The van der Waals surface area contributed by atoms with Crippen LogP contribution in [0.1, 0.15) is 13.3 Å². The first kappa shape index (κ1) is 20.5. The minimum Gasteiger partial charge on any atom is -0.481 e. The average molecular weight is 384 g/mol. The van der Waals surface area contributed by atoms with Gasteiger partial charge in [-0.1, -0.05) is 17.9 Å². The van der Waals surface area contributed by atoms with Gasteiger partial charge in [0, 0.05) is 43.9 Å². The minimum absolute atomic E-state index is 0.0834. The van der Waals surface area contributed by atoms with Gasteiger partial charge in [-0.15, -0.1) is 0 Å². The number of aryl methyl sites for hydroxylation is 1. The number of benzene rings is 1. The lowest BCUT2D eigenvalue weighted by Crippen LogP contribution is -2.31. The Balaban J connectivity index is 1.69. The van der Waals surface area contributed by atoms with Crippen LogP contribution in [0.15, 0.2) is 46.1 Å². The average Bonchev–Trinajstić information content (AvgIpc) is 2.63. The van der Waals surface area contributed by atoms with Gasteiger partial charge in [0.25, 0.3) is 5.56 Å². The van der Waals surface area contributed by atoms with Gasteiger partial charge in [0.2, 0.25) is 11.8 Å². The van der Waals surface area contributed by atoms with E-state index in [4.69, 9.17) is 4.74 Å². The molecule has 0 atom stereocenters. The van der Waals surface area contributed by atoms with Gasteiger partial charge in [0.1, 0.15) is 12.4 Å². The predicted octanol–water partition coefficient (Wildman–Crippen LogP) is 0.0837. The fraction of sp³-hybridized carbons (Fsp3) is 0.263. The molecule has 9 nitrogen and oxygen atoms in total. The highest BCUT2D eigenvalue weighted by molar-refractivity contribution is 5.88. The summed E-state index contributed by atoms with van der Waals surface area (Å²) in [5.74, 6) is 5.66. The summed E-state index contributed by atoms with van der Waals surface area (Å²) in [6.07, 6.45) is 1.42. The third-order valence-corrected chi connectivity index (χ3v) is 3.44. The molecule has 9 heteroatoms. The smallest absolute Gasteiger partial charge is 0.328 e. The summed E-state index contributed by atoms with van der Waals surface area (Å²) in [5.41, 5.74) is -0.406. The Morgan fingerprint density at radius 3 is 2.79 bits per heavy atom. The van der Waals surface area contributed by atoms with Crippen LogP contribution in [0.25, 0.3) is 0 Å². The first-order valence-electron chi connectivity index (χ1n) is 8.46. The van der Waals surface area contributed by atoms with Crippen molar-refractivity contribution in [2.75, 3.05) is 18.5 Å². The van der Waals surface area contributed by atoms with Gasteiger partial charge in [-0.2, -0.15) is 0 Å². The molecule has 0 aliphatic heterocycles. The van der Waals surface area contributed by atoms with Crippen LogP contribution in [-0.2, 0) is 16.1 Å². The van der Waals surface area contributed by atoms with Crippen molar-refractivity contribution in [3.8, 4) is 17.6 Å². The Kier molecular flexibility index (Phi) is 7.60. The van der Waals surface area contributed by atoms with Crippen molar-refractivity contribution in [3.63, 3.8) is 0 Å². The van der Waals surface area contributed by atoms with Crippen molar-refractivity contribution in [2.24, 2.45) is 0 Å². The number of H-pyrrole nitrogens is 1. The molecular formula is C19H20N4O5. The molecule has 0 spiro atoms. The van der Waals surface area contributed by atoms with Crippen LogP contribution in [0.4, 0.5) is 5.69 Å². The maximum atomic E-state index is 11.7. The number of hydrogen-bond donors (Lipinski definition) is 3. The fourth-order valence-electron chi connectivity index (χ4n) is 2.17. The van der Waals surface area contributed by atoms with Crippen LogP contribution in [0.2, 0.25) is 0 Å². The van der Waals surface area contributed by atoms with E-state index in [1.54, 1.807) is 24.3 Å². The standard InChI is InChI=1S/C19H20N4O5/c1-14(24)21-15-5-4-6-16(13-15)28-12-3-2-9-20-17(25)7-10-23-11-8-18(26)22-19(23)27/h4-6,8,11,13H,7,9-10,12H2,1H3,(H,20,25)(H,21,24)(H,22,26,27). The Bertz CT molecular complexity index is 1010. The first-order chi connectivity index (χ1) is 13.4. The Hall–Kier alpha value is -3.80. The van der Waals surface area contributed by atoms with Gasteiger partial charge in [0.05, 0.1) is 6.54 Å². The SMILES string of the molecule is CC(=O)Nc1cccc(OCC#CCNC(=O)CCn2ccc(=O)[nH]c2=O)c1. The molecule has 0 saturated heterocycles. The summed E-state index contributed by atoms with van der Waals surface area (Å²) in [6.45, 7) is 1.86. The Morgan fingerprint density at radius 2 is 2.04 bits per heavy atom. The summed E-state index contributed by atoms with van der Waals surface area (Å²) < 4.78 is 6.70. The van der Waals surface area contributed by atoms with E-state index >= 15 is 0 Å². The molecule has 2 amide bonds. The van der Waals surface area contributed by atoms with E-state index < -0.39 is 11.2 Å². The van der Waals surface area contributed by atoms with Crippen LogP contribution in [-0.4, -0.2) is 34.5 Å². The Labute approximate surface area is 160 Å². The molecule has 2 aromatic rings. The monoisotopic (exact) mass is 384 g/mol. The quantitative estimate of drug-likeness (QED) is 0.584. The highest BCUT2D eigenvalue weighted by atomic mass is 16.5. The number of anilines is 1. The molecule has 1 aromatic heterocycles. The van der Waals surface area contributed by atoms with Gasteiger partial charge in [-0.05, 0) is 12.1 Å². The molecule has 1 aromatic carbocycles. The normalized spacial score (nSPS) is 9.75. The second kappa shape index (κ2) is 10.4. The van der Waals surface area contributed by atoms with Crippen molar-refractivity contribution < 1.29 is 14.3 Å². The van der Waals surface area contributed by atoms with E-state index in [1.807, 2.05) is 0 Å². The number of rotatable bonds is 7. The second-order valence-corrected chi connectivity index (χ2v) is 5.68. The summed E-state index contributed by atoms with van der Waals surface area (Å²) in [4.78, 5) is 47.4. The zero-order chi connectivity index (χ0) is 20.4. The van der Waals surface area contributed by atoms with E-state index in [1.165, 1.54) is 23.8 Å². The molecule has 3 N–H and O–H groups in total. The largest absolute Gasteiger partial charge is 0.481 e. The third kappa shape index (κ3) is 7.21. The molecule has 0 unspecified atom stereocenters. The molecule has 0 fully saturated rings. The van der Waals surface area contributed by atoms with Gasteiger partial charge in [-0.25, -0.2) is 4.79 Å². The second-order valence-electron chi connectivity index (χ2n) is 5.68. The number of aromatic nitrogens is 2. The van der Waals surface area contributed by atoms with Gasteiger partial charge in [-0.3, -0.25) is 19.4 Å². The molecule has 0 bridgehead atoms. The number of amides is 2. The third-order valence-electron chi connectivity index (χ3n) is 3.44. The number of aromatic amines is 1. The number of nitrogens with one attached hydrogen (secondary N) is 3. The number of hydrogen-bond acceptors (Lipinski definition) is 5. The van der Waals surface area contributed by atoms with Crippen LogP contribution in [0, 0.1) is 11.8 Å². The van der Waals surface area contributed by atoms with Crippen molar-refractivity contribution in [3.05, 3.63) is 57.4 Å². The molecule has 0 saturated carbocycles. The first-order valence-corrected chi connectivity index (χ1v) is 8.46. The summed E-state index contributed by atoms with van der Waals surface area (Å²) in [5, 5.41) is 5.27. The maximum Gasteiger partial charge on any atom is 0.328 e. The number of carbonyl (C=O) groups excluding carboxylic acids is 2. The molecule has 0 radical (unpaired) electrons. The molecule has 2 rings (SSSR count). The van der Waals surface area contributed by atoms with Crippen LogP contribution in [0.3, 0.4) is 0 Å². The molecule has 28 heavy (non-hydrogen) atoms. The molecule has 0 aliphatic carbocycles. The zero-order valence-corrected chi connectivity index (χ0v) is 15.3. The molecule has 0 aliphatic rings. The summed E-state index contributed by atoms with van der Waals surface area (Å²) in [6, 6.07) is 8.15. The number of nitrogens with zero attached hydrogens (tertiary/aromatic N) is 1. The van der Waals surface area contributed by atoms with Crippen molar-refractivity contribution >= 4 is 17.5 Å². The maximum absolute atomic E-state index is 11.7. The summed E-state index contributed by atoms with van der Waals surface area (Å²) in [7, 11) is 0. The van der Waals surface area contributed by atoms with E-state index in [0.29, 0.717) is 11.4 Å². The van der Waals surface area contributed by atoms with E-state index in [2.05, 4.69) is 27.5 Å². The lowest BCUT2D eigenvalue weighted by atomic mass is 10.3. The summed E-state index contributed by atoms with van der Waals surface area (Å²) >= 11 is 0. The van der Waals surface area contributed by atoms with Crippen LogP contribution >= 0.6 is 0 Å². The van der Waals surface area contributed by atoms with Gasteiger partial charge >= 0.3 is 5.69 Å². The van der Waals surface area contributed by atoms with E-state index in [-0.39, 0.29) is 37.9 Å². The molecule has 146 valence electrons.